The number of fused-ring (bicyclic) bond motifs is 1. The van der Waals surface area contributed by atoms with Crippen LogP contribution in [0.4, 0.5) is 0 Å². The summed E-state index contributed by atoms with van der Waals surface area (Å²) in [5.74, 6) is 2.13. The number of nitrogens with one attached hydrogen (secondary N) is 1. The number of nitrogens with zero attached hydrogens (tertiary/aromatic N) is 5. The van der Waals surface area contributed by atoms with Crippen LogP contribution in [0.15, 0.2) is 18.3 Å². The Labute approximate surface area is 159 Å². The van der Waals surface area contributed by atoms with E-state index in [1.807, 2.05) is 11.8 Å². The second kappa shape index (κ2) is 7.09. The molecule has 146 valence electrons. The highest BCUT2D eigenvalue weighted by molar-refractivity contribution is 5.77. The third-order valence-corrected chi connectivity index (χ3v) is 6.13. The van der Waals surface area contributed by atoms with Gasteiger partial charge in [0.1, 0.15) is 12.4 Å². The van der Waals surface area contributed by atoms with Crippen molar-refractivity contribution in [3.8, 4) is 0 Å². The van der Waals surface area contributed by atoms with Gasteiger partial charge in [0.25, 0.3) is 0 Å². The predicted octanol–water partition coefficient (Wildman–Crippen LogP) is 0.700. The standard InChI is InChI=1S/C19H28N6O2/c1-14-20-18(22-21-14)19-6-8-25(17(26)12-27-3)10-15(19)9-24(13-19)11-16-5-4-7-23(16)2/h4-5,7,15H,6,8-13H2,1-3H3,(H,20,21,22)/t15-,19+/m0/s1. The van der Waals surface area contributed by atoms with Gasteiger partial charge in [-0.15, -0.1) is 0 Å². The molecule has 0 saturated carbocycles. The normalized spacial score (nSPS) is 25.7. The number of methoxy groups -OCH3 is 1. The molecule has 2 fully saturated rings. The molecule has 1 N–H and O–H groups in total. The van der Waals surface area contributed by atoms with Crippen molar-refractivity contribution >= 4 is 5.91 Å². The zero-order valence-electron chi connectivity index (χ0n) is 16.3. The summed E-state index contributed by atoms with van der Waals surface area (Å²) >= 11 is 0. The number of hydrogen-bond acceptors (Lipinski definition) is 5. The molecular weight excluding hydrogens is 344 g/mol. The molecule has 1 amide bonds. The highest BCUT2D eigenvalue weighted by atomic mass is 16.5. The summed E-state index contributed by atoms with van der Waals surface area (Å²) in [6.45, 7) is 6.31. The van der Waals surface area contributed by atoms with Crippen LogP contribution in [0, 0.1) is 12.8 Å². The summed E-state index contributed by atoms with van der Waals surface area (Å²) in [5.41, 5.74) is 1.20. The summed E-state index contributed by atoms with van der Waals surface area (Å²) in [6.07, 6.45) is 2.96. The van der Waals surface area contributed by atoms with Gasteiger partial charge < -0.3 is 14.2 Å². The van der Waals surface area contributed by atoms with Gasteiger partial charge in [-0.1, -0.05) is 0 Å². The molecule has 8 nitrogen and oxygen atoms in total. The number of amides is 1. The molecule has 4 heterocycles. The second-order valence-corrected chi connectivity index (χ2v) is 7.90. The quantitative estimate of drug-likeness (QED) is 0.836. The van der Waals surface area contributed by atoms with E-state index in [0.717, 1.165) is 50.8 Å². The van der Waals surface area contributed by atoms with Crippen molar-refractivity contribution in [1.82, 2.24) is 29.5 Å². The maximum atomic E-state index is 12.4. The first-order valence-electron chi connectivity index (χ1n) is 9.50. The SMILES string of the molecule is COCC(=O)N1CC[C@@]2(c3n[nH]c(C)n3)CN(Cc3cccn3C)C[C@H]2C1. The maximum Gasteiger partial charge on any atom is 0.248 e. The van der Waals surface area contributed by atoms with Crippen LogP contribution < -0.4 is 0 Å². The zero-order valence-corrected chi connectivity index (χ0v) is 16.3. The van der Waals surface area contributed by atoms with Crippen LogP contribution in [0.2, 0.25) is 0 Å². The van der Waals surface area contributed by atoms with Crippen LogP contribution in [-0.4, -0.2) is 75.4 Å². The molecule has 0 radical (unpaired) electrons. The third-order valence-electron chi connectivity index (χ3n) is 6.13. The molecule has 2 aromatic rings. The Morgan fingerprint density at radius 2 is 2.30 bits per heavy atom. The van der Waals surface area contributed by atoms with Crippen LogP contribution >= 0.6 is 0 Å². The lowest BCUT2D eigenvalue weighted by atomic mass is 9.72. The Bertz CT molecular complexity index is 815. The number of ether oxygens (including phenoxy) is 1. The van der Waals surface area contributed by atoms with Crippen molar-refractivity contribution in [3.63, 3.8) is 0 Å². The van der Waals surface area contributed by atoms with Crippen molar-refractivity contribution in [2.24, 2.45) is 13.0 Å². The number of H-pyrrole nitrogens is 1. The zero-order chi connectivity index (χ0) is 19.0. The first kappa shape index (κ1) is 18.2. The molecule has 0 unspecified atom stereocenters. The van der Waals surface area contributed by atoms with E-state index in [2.05, 4.69) is 45.0 Å². The van der Waals surface area contributed by atoms with Gasteiger partial charge in [0.05, 0.1) is 5.41 Å². The van der Waals surface area contributed by atoms with E-state index in [9.17, 15) is 4.79 Å². The smallest absolute Gasteiger partial charge is 0.248 e. The molecule has 0 aliphatic carbocycles. The van der Waals surface area contributed by atoms with Crippen molar-refractivity contribution in [2.45, 2.75) is 25.3 Å². The number of piperidine rings is 1. The Hall–Kier alpha value is -2.19. The topological polar surface area (TPSA) is 79.3 Å². The van der Waals surface area contributed by atoms with Gasteiger partial charge in [0.2, 0.25) is 5.91 Å². The molecular formula is C19H28N6O2. The van der Waals surface area contributed by atoms with Gasteiger partial charge in [-0.25, -0.2) is 4.98 Å². The average molecular weight is 372 g/mol. The minimum absolute atomic E-state index is 0.0677. The predicted molar refractivity (Wildman–Crippen MR) is 100 cm³/mol. The molecule has 2 aromatic heterocycles. The monoisotopic (exact) mass is 372 g/mol. The number of carbonyl (C=O) groups excluding carboxylic acids is 1. The molecule has 8 heteroatoms. The summed E-state index contributed by atoms with van der Waals surface area (Å²) in [5, 5.41) is 7.54. The van der Waals surface area contributed by atoms with Gasteiger partial charge in [0, 0.05) is 64.7 Å². The summed E-state index contributed by atoms with van der Waals surface area (Å²) in [4.78, 5) is 21.5. The number of rotatable bonds is 5. The highest BCUT2D eigenvalue weighted by Gasteiger charge is 2.53. The van der Waals surface area contributed by atoms with Gasteiger partial charge in [-0.2, -0.15) is 5.10 Å². The highest BCUT2D eigenvalue weighted by Crippen LogP contribution is 2.44. The van der Waals surface area contributed by atoms with Crippen molar-refractivity contribution in [1.29, 1.82) is 0 Å². The molecule has 2 saturated heterocycles. The molecule has 4 rings (SSSR count). The van der Waals surface area contributed by atoms with Crippen LogP contribution in [-0.2, 0) is 28.5 Å². The summed E-state index contributed by atoms with van der Waals surface area (Å²) < 4.78 is 7.22. The molecule has 2 aliphatic rings. The first-order valence-corrected chi connectivity index (χ1v) is 9.50. The van der Waals surface area contributed by atoms with Crippen LogP contribution in [0.25, 0.3) is 0 Å². The molecule has 2 atom stereocenters. The van der Waals surface area contributed by atoms with Crippen LogP contribution in [0.5, 0.6) is 0 Å². The summed E-state index contributed by atoms with van der Waals surface area (Å²) in [6, 6.07) is 4.25. The number of hydrogen-bond donors (Lipinski definition) is 1. The largest absolute Gasteiger partial charge is 0.375 e. The molecule has 0 bridgehead atoms. The fourth-order valence-electron chi connectivity index (χ4n) is 4.67. The van der Waals surface area contributed by atoms with E-state index in [1.165, 1.54) is 5.69 Å². The third kappa shape index (κ3) is 3.27. The first-order chi connectivity index (χ1) is 13.0. The molecule has 0 spiro atoms. The Kier molecular flexibility index (Phi) is 4.77. The Morgan fingerprint density at radius 3 is 2.96 bits per heavy atom. The lowest BCUT2D eigenvalue weighted by molar-refractivity contribution is -0.137. The Balaban J connectivity index is 1.58. The molecule has 27 heavy (non-hydrogen) atoms. The Morgan fingerprint density at radius 1 is 1.44 bits per heavy atom. The number of carbonyl (C=O) groups is 1. The van der Waals surface area contributed by atoms with E-state index in [4.69, 9.17) is 9.72 Å². The van der Waals surface area contributed by atoms with Crippen LogP contribution in [0.3, 0.4) is 0 Å². The molecule has 2 aliphatic heterocycles. The summed E-state index contributed by atoms with van der Waals surface area (Å²) in [7, 11) is 3.65. The van der Waals surface area contributed by atoms with E-state index in [1.54, 1.807) is 7.11 Å². The van der Waals surface area contributed by atoms with Crippen LogP contribution in [0.1, 0.15) is 23.8 Å². The van der Waals surface area contributed by atoms with E-state index >= 15 is 0 Å². The van der Waals surface area contributed by atoms with Gasteiger partial charge >= 0.3 is 0 Å². The minimum Gasteiger partial charge on any atom is -0.375 e. The fourth-order valence-corrected chi connectivity index (χ4v) is 4.67. The van der Waals surface area contributed by atoms with E-state index in [-0.39, 0.29) is 17.9 Å². The molecule has 0 aromatic carbocycles. The van der Waals surface area contributed by atoms with Crippen molar-refractivity contribution < 1.29 is 9.53 Å². The number of aryl methyl sites for hydroxylation is 2. The van der Waals surface area contributed by atoms with E-state index in [0.29, 0.717) is 5.92 Å². The van der Waals surface area contributed by atoms with Crippen molar-refractivity contribution in [3.05, 3.63) is 35.7 Å². The van der Waals surface area contributed by atoms with Gasteiger partial charge in [0.15, 0.2) is 5.82 Å². The number of likely N-dealkylation sites (tertiary alicyclic amines) is 2. The minimum atomic E-state index is -0.0974. The maximum absolute atomic E-state index is 12.4. The number of aromatic amines is 1. The van der Waals surface area contributed by atoms with E-state index < -0.39 is 0 Å². The lowest BCUT2D eigenvalue weighted by Gasteiger charge is -2.41. The van der Waals surface area contributed by atoms with Gasteiger partial charge in [-0.3, -0.25) is 14.8 Å². The average Bonchev–Trinajstić information content (AvgIpc) is 3.34. The number of aromatic nitrogens is 4. The van der Waals surface area contributed by atoms with Crippen molar-refractivity contribution in [2.75, 3.05) is 39.9 Å². The fraction of sp³-hybridized carbons (Fsp3) is 0.632. The van der Waals surface area contributed by atoms with Gasteiger partial charge in [-0.05, 0) is 25.5 Å². The second-order valence-electron chi connectivity index (χ2n) is 7.90. The lowest BCUT2D eigenvalue weighted by Crippen LogP contribution is -2.52.